The molecule has 0 amide bonds. The zero-order valence-electron chi connectivity index (χ0n) is 14.3. The van der Waals surface area contributed by atoms with Gasteiger partial charge >= 0.3 is 5.97 Å². The van der Waals surface area contributed by atoms with Crippen molar-refractivity contribution >= 4 is 28.8 Å². The van der Waals surface area contributed by atoms with Gasteiger partial charge in [0.25, 0.3) is 0 Å². The summed E-state index contributed by atoms with van der Waals surface area (Å²) in [7, 11) is 0. The maximum atomic E-state index is 11.4. The van der Waals surface area contributed by atoms with Crippen molar-refractivity contribution in [1.29, 1.82) is 0 Å². The Morgan fingerprint density at radius 1 is 1.27 bits per heavy atom. The van der Waals surface area contributed by atoms with Crippen LogP contribution in [-0.4, -0.2) is 33.3 Å². The summed E-state index contributed by atoms with van der Waals surface area (Å²) in [5.74, 6) is -0.100. The third-order valence-electron chi connectivity index (χ3n) is 4.58. The number of benzene rings is 2. The monoisotopic (exact) mass is 368 g/mol. The molecule has 1 atom stereocenters. The van der Waals surface area contributed by atoms with Gasteiger partial charge in [-0.15, -0.1) is 0 Å². The third-order valence-corrected chi connectivity index (χ3v) is 5.63. The molecule has 1 aromatic heterocycles. The van der Waals surface area contributed by atoms with E-state index >= 15 is 0 Å². The average molecular weight is 368 g/mol. The molecule has 0 aliphatic carbocycles. The number of imidazole rings is 1. The Morgan fingerprint density at radius 3 is 2.85 bits per heavy atom. The number of hydrogen-bond donors (Lipinski definition) is 1. The fourth-order valence-electron chi connectivity index (χ4n) is 3.23. The number of aromatic nitrogens is 2. The second kappa shape index (κ2) is 7.51. The lowest BCUT2D eigenvalue weighted by molar-refractivity contribution is 0.0697. The zero-order valence-corrected chi connectivity index (χ0v) is 15.1. The van der Waals surface area contributed by atoms with Gasteiger partial charge in [-0.1, -0.05) is 42.1 Å². The molecule has 2 heterocycles. The Morgan fingerprint density at radius 2 is 2.12 bits per heavy atom. The quantitative estimate of drug-likeness (QED) is 0.661. The van der Waals surface area contributed by atoms with Crippen molar-refractivity contribution in [2.24, 2.45) is 0 Å². The number of ether oxygens (including phenoxy) is 1. The van der Waals surface area contributed by atoms with Gasteiger partial charge in [0.15, 0.2) is 5.16 Å². The van der Waals surface area contributed by atoms with Crippen molar-refractivity contribution in [1.82, 2.24) is 9.55 Å². The summed E-state index contributed by atoms with van der Waals surface area (Å²) in [4.78, 5) is 16.1. The molecule has 1 saturated heterocycles. The Hall–Kier alpha value is -2.31. The van der Waals surface area contributed by atoms with E-state index in [1.807, 2.05) is 18.2 Å². The van der Waals surface area contributed by atoms with Crippen LogP contribution in [0.4, 0.5) is 0 Å². The van der Waals surface area contributed by atoms with E-state index in [1.54, 1.807) is 30.0 Å². The number of nitrogens with zero attached hydrogens (tertiary/aromatic N) is 2. The smallest absolute Gasteiger partial charge is 0.335 e. The summed E-state index contributed by atoms with van der Waals surface area (Å²) < 4.78 is 7.91. The van der Waals surface area contributed by atoms with E-state index in [-0.39, 0.29) is 11.7 Å². The maximum Gasteiger partial charge on any atom is 0.335 e. The molecule has 1 aliphatic heterocycles. The summed E-state index contributed by atoms with van der Waals surface area (Å²) in [6.45, 7) is 1.50. The number of carbonyl (C=O) groups is 1. The van der Waals surface area contributed by atoms with Crippen LogP contribution in [0.2, 0.25) is 0 Å². The molecule has 1 N–H and O–H groups in total. The predicted molar refractivity (Wildman–Crippen MR) is 102 cm³/mol. The Balaban J connectivity index is 1.68. The molecule has 3 aromatic rings. The van der Waals surface area contributed by atoms with Gasteiger partial charge in [-0.3, -0.25) is 0 Å². The summed E-state index contributed by atoms with van der Waals surface area (Å²) >= 11 is 1.67. The van der Waals surface area contributed by atoms with E-state index in [9.17, 15) is 9.90 Å². The first-order chi connectivity index (χ1) is 12.7. The van der Waals surface area contributed by atoms with Gasteiger partial charge in [-0.25, -0.2) is 9.78 Å². The molecule has 0 radical (unpaired) electrons. The van der Waals surface area contributed by atoms with E-state index in [4.69, 9.17) is 9.72 Å². The first kappa shape index (κ1) is 17.1. The van der Waals surface area contributed by atoms with Crippen molar-refractivity contribution in [3.63, 3.8) is 0 Å². The molecular weight excluding hydrogens is 348 g/mol. The molecule has 2 aromatic carbocycles. The van der Waals surface area contributed by atoms with Crippen LogP contribution in [0.15, 0.2) is 53.7 Å². The van der Waals surface area contributed by atoms with Crippen LogP contribution in [0, 0.1) is 0 Å². The van der Waals surface area contributed by atoms with Crippen molar-refractivity contribution < 1.29 is 14.6 Å². The van der Waals surface area contributed by atoms with Gasteiger partial charge in [0.2, 0.25) is 0 Å². The molecule has 26 heavy (non-hydrogen) atoms. The molecule has 4 rings (SSSR count). The summed E-state index contributed by atoms with van der Waals surface area (Å²) in [6, 6.07) is 15.4. The van der Waals surface area contributed by atoms with Gasteiger partial charge in [-0.05, 0) is 36.6 Å². The van der Waals surface area contributed by atoms with E-state index < -0.39 is 5.97 Å². The van der Waals surface area contributed by atoms with Crippen molar-refractivity contribution in [3.05, 3.63) is 59.7 Å². The largest absolute Gasteiger partial charge is 0.478 e. The lowest BCUT2D eigenvalue weighted by atomic mass is 10.2. The van der Waals surface area contributed by atoms with Gasteiger partial charge in [0, 0.05) is 12.4 Å². The molecule has 0 saturated carbocycles. The molecule has 5 nitrogen and oxygen atoms in total. The number of aromatic carboxylic acids is 1. The van der Waals surface area contributed by atoms with E-state index in [1.165, 1.54) is 5.56 Å². The van der Waals surface area contributed by atoms with Gasteiger partial charge in [0.05, 0.1) is 29.2 Å². The number of fused-ring (bicyclic) bond motifs is 1. The predicted octanol–water partition coefficient (Wildman–Crippen LogP) is 4.21. The molecule has 1 fully saturated rings. The van der Waals surface area contributed by atoms with Crippen LogP contribution < -0.4 is 0 Å². The number of thioether (sulfide) groups is 1. The molecule has 0 bridgehead atoms. The van der Waals surface area contributed by atoms with Gasteiger partial charge in [0.1, 0.15) is 0 Å². The minimum atomic E-state index is -0.921. The topological polar surface area (TPSA) is 64.3 Å². The van der Waals surface area contributed by atoms with Crippen LogP contribution in [-0.2, 0) is 17.0 Å². The Kier molecular flexibility index (Phi) is 4.95. The first-order valence-electron chi connectivity index (χ1n) is 8.72. The highest BCUT2D eigenvalue weighted by atomic mass is 32.2. The summed E-state index contributed by atoms with van der Waals surface area (Å²) in [5, 5.41) is 10.2. The first-order valence-corrected chi connectivity index (χ1v) is 9.71. The Bertz CT molecular complexity index is 917. The minimum Gasteiger partial charge on any atom is -0.478 e. The van der Waals surface area contributed by atoms with Crippen LogP contribution in [0.3, 0.4) is 0 Å². The highest BCUT2D eigenvalue weighted by molar-refractivity contribution is 7.98. The highest BCUT2D eigenvalue weighted by Gasteiger charge is 2.21. The standard InChI is InChI=1S/C20H20N2O3S/c23-19(24)15-8-9-17-18(11-15)22(12-16-7-4-10-25-16)20(21-17)26-13-14-5-2-1-3-6-14/h1-3,5-6,8-9,11,16H,4,7,10,12-13H2,(H,23,24)/t16-/m0/s1. The molecule has 6 heteroatoms. The highest BCUT2D eigenvalue weighted by Crippen LogP contribution is 2.29. The lowest BCUT2D eigenvalue weighted by Crippen LogP contribution is -2.15. The molecular formula is C20H20N2O3S. The third kappa shape index (κ3) is 3.61. The van der Waals surface area contributed by atoms with Crippen LogP contribution in [0.25, 0.3) is 11.0 Å². The van der Waals surface area contributed by atoms with Crippen molar-refractivity contribution in [2.45, 2.75) is 36.4 Å². The van der Waals surface area contributed by atoms with Crippen molar-refractivity contribution in [2.75, 3.05) is 6.61 Å². The second-order valence-electron chi connectivity index (χ2n) is 6.42. The van der Waals surface area contributed by atoms with Crippen LogP contribution in [0.1, 0.15) is 28.8 Å². The lowest BCUT2D eigenvalue weighted by Gasteiger charge is -2.14. The fourth-order valence-corrected chi connectivity index (χ4v) is 4.21. The molecule has 134 valence electrons. The average Bonchev–Trinajstić information content (AvgIpc) is 3.29. The van der Waals surface area contributed by atoms with Gasteiger partial charge in [-0.2, -0.15) is 0 Å². The minimum absolute atomic E-state index is 0.164. The Labute approximate surface area is 156 Å². The fraction of sp³-hybridized carbons (Fsp3) is 0.300. The molecule has 1 aliphatic rings. The van der Waals surface area contributed by atoms with E-state index in [2.05, 4.69) is 16.7 Å². The molecule has 0 spiro atoms. The number of rotatable bonds is 6. The number of carboxylic acids is 1. The number of hydrogen-bond acceptors (Lipinski definition) is 4. The van der Waals surface area contributed by atoms with Crippen LogP contribution >= 0.6 is 11.8 Å². The zero-order chi connectivity index (χ0) is 17.9. The van der Waals surface area contributed by atoms with E-state index in [0.29, 0.717) is 6.54 Å². The SMILES string of the molecule is O=C(O)c1ccc2nc(SCc3ccccc3)n(C[C@@H]3CCCO3)c2c1. The number of carboxylic acid groups (broad SMARTS) is 1. The van der Waals surface area contributed by atoms with Gasteiger partial charge < -0.3 is 14.4 Å². The normalized spacial score (nSPS) is 17.0. The van der Waals surface area contributed by atoms with E-state index in [0.717, 1.165) is 41.4 Å². The summed E-state index contributed by atoms with van der Waals surface area (Å²) in [6.07, 6.45) is 2.27. The van der Waals surface area contributed by atoms with Crippen molar-refractivity contribution in [3.8, 4) is 0 Å². The second-order valence-corrected chi connectivity index (χ2v) is 7.37. The summed E-state index contributed by atoms with van der Waals surface area (Å²) in [5.41, 5.74) is 3.20. The molecule has 0 unspecified atom stereocenters. The maximum absolute atomic E-state index is 11.4. The van der Waals surface area contributed by atoms with Crippen LogP contribution in [0.5, 0.6) is 0 Å².